The van der Waals surface area contributed by atoms with Gasteiger partial charge in [0.15, 0.2) is 0 Å². The molecule has 1 aromatic heterocycles. The van der Waals surface area contributed by atoms with Gasteiger partial charge in [-0.2, -0.15) is 0 Å². The summed E-state index contributed by atoms with van der Waals surface area (Å²) in [6.45, 7) is 0. The van der Waals surface area contributed by atoms with Crippen LogP contribution in [0.15, 0.2) is 72.9 Å². The minimum atomic E-state index is -2.06. The fourth-order valence-electron chi connectivity index (χ4n) is 2.92. The van der Waals surface area contributed by atoms with Gasteiger partial charge in [-0.25, -0.2) is 4.98 Å². The molecule has 0 saturated heterocycles. The molecule has 3 aromatic rings. The molecule has 0 aliphatic carbocycles. The molecule has 2 aromatic carbocycles. The Morgan fingerprint density at radius 3 is 1.89 bits per heavy atom. The molecule has 6 heteroatoms. The molecule has 0 aliphatic heterocycles. The van der Waals surface area contributed by atoms with E-state index in [2.05, 4.69) is 10.3 Å². The molecule has 1 heterocycles. The second-order valence-corrected chi connectivity index (χ2v) is 5.78. The fraction of sp³-hybridized carbons (Fsp3) is 0.143. The van der Waals surface area contributed by atoms with E-state index >= 15 is 0 Å². The third kappa shape index (κ3) is 3.47. The Bertz CT molecular complexity index is 881. The summed E-state index contributed by atoms with van der Waals surface area (Å²) >= 11 is 0. The highest BCUT2D eigenvalue weighted by atomic mass is 16.5. The molecule has 2 N–H and O–H groups in total. The molecule has 0 radical (unpaired) electrons. The highest BCUT2D eigenvalue weighted by Gasteiger charge is 2.44. The Morgan fingerprint density at radius 1 is 0.889 bits per heavy atom. The molecule has 1 amide bonds. The number of hydrogen-bond donors (Lipinski definition) is 2. The van der Waals surface area contributed by atoms with E-state index < -0.39 is 11.5 Å². The number of pyridine rings is 1. The zero-order valence-electron chi connectivity index (χ0n) is 15.0. The predicted octanol–water partition coefficient (Wildman–Crippen LogP) is 2.97. The average molecular weight is 364 g/mol. The lowest BCUT2D eigenvalue weighted by molar-refractivity contribution is -0.131. The number of amides is 1. The number of anilines is 1. The first-order valence-corrected chi connectivity index (χ1v) is 8.33. The van der Waals surface area contributed by atoms with E-state index in [0.29, 0.717) is 28.4 Å². The van der Waals surface area contributed by atoms with Crippen LogP contribution in [0.5, 0.6) is 11.5 Å². The number of aromatic nitrogens is 1. The zero-order valence-corrected chi connectivity index (χ0v) is 15.0. The van der Waals surface area contributed by atoms with Crippen LogP contribution in [-0.2, 0) is 10.4 Å². The largest absolute Gasteiger partial charge is 0.496 e. The molecule has 0 aliphatic rings. The monoisotopic (exact) mass is 364 g/mol. The summed E-state index contributed by atoms with van der Waals surface area (Å²) in [5.41, 5.74) is -1.47. The number of para-hydroxylation sites is 2. The van der Waals surface area contributed by atoms with Crippen molar-refractivity contribution < 1.29 is 19.4 Å². The van der Waals surface area contributed by atoms with Crippen LogP contribution < -0.4 is 14.8 Å². The van der Waals surface area contributed by atoms with E-state index in [-0.39, 0.29) is 0 Å². The quantitative estimate of drug-likeness (QED) is 0.703. The summed E-state index contributed by atoms with van der Waals surface area (Å²) in [6, 6.07) is 18.8. The molecule has 0 bridgehead atoms. The second kappa shape index (κ2) is 7.88. The van der Waals surface area contributed by atoms with Gasteiger partial charge in [0, 0.05) is 17.3 Å². The van der Waals surface area contributed by atoms with Crippen LogP contribution in [-0.4, -0.2) is 30.2 Å². The van der Waals surface area contributed by atoms with E-state index in [1.165, 1.54) is 14.2 Å². The predicted molar refractivity (Wildman–Crippen MR) is 102 cm³/mol. The van der Waals surface area contributed by atoms with Gasteiger partial charge in [-0.05, 0) is 24.3 Å². The minimum Gasteiger partial charge on any atom is -0.496 e. The molecule has 0 atom stereocenters. The van der Waals surface area contributed by atoms with E-state index in [1.54, 1.807) is 72.9 Å². The van der Waals surface area contributed by atoms with Crippen LogP contribution in [0.25, 0.3) is 0 Å². The Morgan fingerprint density at radius 2 is 1.41 bits per heavy atom. The summed E-state index contributed by atoms with van der Waals surface area (Å²) in [4.78, 5) is 17.4. The SMILES string of the molecule is COc1ccccc1C(O)(C(=O)Nc1ccccn1)c1ccccc1OC. The Labute approximate surface area is 157 Å². The van der Waals surface area contributed by atoms with Gasteiger partial charge in [0.05, 0.1) is 14.2 Å². The van der Waals surface area contributed by atoms with E-state index in [4.69, 9.17) is 9.47 Å². The number of nitrogens with one attached hydrogen (secondary N) is 1. The summed E-state index contributed by atoms with van der Waals surface area (Å²) in [6.07, 6.45) is 1.56. The number of hydrogen-bond acceptors (Lipinski definition) is 5. The van der Waals surface area contributed by atoms with Gasteiger partial charge in [-0.15, -0.1) is 0 Å². The van der Waals surface area contributed by atoms with Crippen LogP contribution in [0.4, 0.5) is 5.82 Å². The number of benzene rings is 2. The minimum absolute atomic E-state index is 0.297. The van der Waals surface area contributed by atoms with Crippen molar-refractivity contribution in [2.75, 3.05) is 19.5 Å². The van der Waals surface area contributed by atoms with E-state index in [9.17, 15) is 9.90 Å². The van der Waals surface area contributed by atoms with Crippen LogP contribution >= 0.6 is 0 Å². The standard InChI is InChI=1S/C21H20N2O4/c1-26-17-11-5-3-9-15(17)21(25,16-10-4-6-12-18(16)27-2)20(24)23-19-13-7-8-14-22-19/h3-14,25H,1-2H3,(H,22,23,24). The first-order chi connectivity index (χ1) is 13.1. The van der Waals surface area contributed by atoms with Crippen molar-refractivity contribution in [1.82, 2.24) is 4.98 Å². The number of aliphatic hydroxyl groups is 1. The van der Waals surface area contributed by atoms with E-state index in [0.717, 1.165) is 0 Å². The molecule has 0 fully saturated rings. The van der Waals surface area contributed by atoms with Gasteiger partial charge < -0.3 is 19.9 Å². The number of ether oxygens (including phenoxy) is 2. The van der Waals surface area contributed by atoms with Crippen molar-refractivity contribution in [3.8, 4) is 11.5 Å². The number of carbonyl (C=O) groups is 1. The third-order valence-corrected chi connectivity index (χ3v) is 4.23. The first-order valence-electron chi connectivity index (χ1n) is 8.33. The second-order valence-electron chi connectivity index (χ2n) is 5.78. The maximum atomic E-state index is 13.3. The summed E-state index contributed by atoms with van der Waals surface area (Å²) < 4.78 is 10.8. The smallest absolute Gasteiger partial charge is 0.267 e. The maximum Gasteiger partial charge on any atom is 0.267 e. The maximum absolute atomic E-state index is 13.3. The molecule has 0 spiro atoms. The molecule has 0 unspecified atom stereocenters. The number of rotatable bonds is 6. The molecule has 3 rings (SSSR count). The fourth-order valence-corrected chi connectivity index (χ4v) is 2.92. The van der Waals surface area contributed by atoms with Crippen molar-refractivity contribution in [3.63, 3.8) is 0 Å². The molecular weight excluding hydrogens is 344 g/mol. The van der Waals surface area contributed by atoms with Crippen molar-refractivity contribution in [2.45, 2.75) is 5.60 Å². The Kier molecular flexibility index (Phi) is 5.38. The van der Waals surface area contributed by atoms with Gasteiger partial charge in [-0.3, -0.25) is 4.79 Å². The van der Waals surface area contributed by atoms with Crippen molar-refractivity contribution in [2.24, 2.45) is 0 Å². The summed E-state index contributed by atoms with van der Waals surface area (Å²) in [5.74, 6) is 0.407. The third-order valence-electron chi connectivity index (χ3n) is 4.23. The lowest BCUT2D eigenvalue weighted by atomic mass is 9.84. The van der Waals surface area contributed by atoms with Crippen LogP contribution in [0, 0.1) is 0 Å². The average Bonchev–Trinajstić information content (AvgIpc) is 2.73. The number of carbonyl (C=O) groups excluding carboxylic acids is 1. The highest BCUT2D eigenvalue weighted by Crippen LogP contribution is 2.40. The van der Waals surface area contributed by atoms with Crippen LogP contribution in [0.3, 0.4) is 0 Å². The Hall–Kier alpha value is -3.38. The van der Waals surface area contributed by atoms with Crippen molar-refractivity contribution >= 4 is 11.7 Å². The lowest BCUT2D eigenvalue weighted by Gasteiger charge is -2.30. The number of nitrogens with zero attached hydrogens (tertiary/aromatic N) is 1. The van der Waals surface area contributed by atoms with Crippen LogP contribution in [0.1, 0.15) is 11.1 Å². The molecular formula is C21H20N2O4. The summed E-state index contributed by atoms with van der Waals surface area (Å²) in [5, 5.41) is 14.4. The highest BCUT2D eigenvalue weighted by molar-refractivity contribution is 6.00. The van der Waals surface area contributed by atoms with Gasteiger partial charge in [0.25, 0.3) is 5.91 Å². The zero-order chi connectivity index (χ0) is 19.3. The van der Waals surface area contributed by atoms with E-state index in [1.807, 2.05) is 0 Å². The van der Waals surface area contributed by atoms with Crippen molar-refractivity contribution in [1.29, 1.82) is 0 Å². The van der Waals surface area contributed by atoms with Gasteiger partial charge in [-0.1, -0.05) is 42.5 Å². The van der Waals surface area contributed by atoms with Crippen molar-refractivity contribution in [3.05, 3.63) is 84.1 Å². The molecule has 6 nitrogen and oxygen atoms in total. The Balaban J connectivity index is 2.18. The molecule has 0 saturated carbocycles. The van der Waals surface area contributed by atoms with Gasteiger partial charge >= 0.3 is 0 Å². The normalized spacial score (nSPS) is 10.9. The first kappa shape index (κ1) is 18.4. The number of methoxy groups -OCH3 is 2. The summed E-state index contributed by atoms with van der Waals surface area (Å²) in [7, 11) is 2.97. The topological polar surface area (TPSA) is 80.7 Å². The molecule has 27 heavy (non-hydrogen) atoms. The van der Waals surface area contributed by atoms with Crippen LogP contribution in [0.2, 0.25) is 0 Å². The van der Waals surface area contributed by atoms with Gasteiger partial charge in [0.2, 0.25) is 5.60 Å². The lowest BCUT2D eigenvalue weighted by Crippen LogP contribution is -2.42. The van der Waals surface area contributed by atoms with Gasteiger partial charge in [0.1, 0.15) is 17.3 Å². The molecule has 138 valence electrons.